The van der Waals surface area contributed by atoms with Gasteiger partial charge < -0.3 is 14.8 Å². The van der Waals surface area contributed by atoms with Gasteiger partial charge in [-0.15, -0.1) is 0 Å². The predicted octanol–water partition coefficient (Wildman–Crippen LogP) is 2.17. The Kier molecular flexibility index (Phi) is 5.83. The maximum Gasteiger partial charge on any atom is 0.326 e. The summed E-state index contributed by atoms with van der Waals surface area (Å²) in [5.74, 6) is 0.530. The fourth-order valence-corrected chi connectivity index (χ4v) is 2.06. The van der Waals surface area contributed by atoms with Gasteiger partial charge in [0.05, 0.1) is 14.2 Å². The molecule has 0 aliphatic heterocycles. The van der Waals surface area contributed by atoms with Gasteiger partial charge in [0.25, 0.3) is 0 Å². The van der Waals surface area contributed by atoms with Gasteiger partial charge in [-0.1, -0.05) is 25.1 Å². The van der Waals surface area contributed by atoms with Gasteiger partial charge in [0.15, 0.2) is 0 Å². The van der Waals surface area contributed by atoms with Crippen molar-refractivity contribution >= 4 is 5.97 Å². The molecule has 19 heavy (non-hydrogen) atoms. The summed E-state index contributed by atoms with van der Waals surface area (Å²) < 4.78 is 10.2. The zero-order valence-electron chi connectivity index (χ0n) is 12.2. The molecule has 0 saturated carbocycles. The van der Waals surface area contributed by atoms with Crippen LogP contribution in [0.4, 0.5) is 0 Å². The Morgan fingerprint density at radius 2 is 2.00 bits per heavy atom. The van der Waals surface area contributed by atoms with E-state index in [1.165, 1.54) is 7.11 Å². The van der Waals surface area contributed by atoms with E-state index in [0.717, 1.165) is 24.3 Å². The number of para-hydroxylation sites is 1. The average Bonchev–Trinajstić information content (AvgIpc) is 2.44. The highest BCUT2D eigenvalue weighted by Gasteiger charge is 2.34. The molecule has 1 rings (SSSR count). The maximum atomic E-state index is 12.0. The molecular weight excluding hydrogens is 242 g/mol. The minimum absolute atomic E-state index is 0.258. The number of hydrogen-bond acceptors (Lipinski definition) is 4. The highest BCUT2D eigenvalue weighted by Crippen LogP contribution is 2.23. The van der Waals surface area contributed by atoms with Crippen LogP contribution in [0.3, 0.4) is 0 Å². The van der Waals surface area contributed by atoms with E-state index in [2.05, 4.69) is 12.2 Å². The fourth-order valence-electron chi connectivity index (χ4n) is 2.06. The molecule has 4 heteroatoms. The second-order valence-corrected chi connectivity index (χ2v) is 4.74. The van der Waals surface area contributed by atoms with E-state index < -0.39 is 5.54 Å². The van der Waals surface area contributed by atoms with Crippen molar-refractivity contribution in [2.75, 3.05) is 20.8 Å². The Bertz CT molecular complexity index is 420. The van der Waals surface area contributed by atoms with Gasteiger partial charge in [0.2, 0.25) is 0 Å². The maximum absolute atomic E-state index is 12.0. The van der Waals surface area contributed by atoms with Crippen LogP contribution in [0.2, 0.25) is 0 Å². The number of methoxy groups -OCH3 is 2. The molecule has 1 unspecified atom stereocenters. The van der Waals surface area contributed by atoms with E-state index in [1.54, 1.807) is 7.11 Å². The highest BCUT2D eigenvalue weighted by molar-refractivity contribution is 5.80. The van der Waals surface area contributed by atoms with Crippen LogP contribution < -0.4 is 10.1 Å². The lowest BCUT2D eigenvalue weighted by Gasteiger charge is -2.28. The van der Waals surface area contributed by atoms with Crippen molar-refractivity contribution in [2.45, 2.75) is 32.2 Å². The predicted molar refractivity (Wildman–Crippen MR) is 75.4 cm³/mol. The number of ether oxygens (including phenoxy) is 2. The molecule has 0 fully saturated rings. The highest BCUT2D eigenvalue weighted by atomic mass is 16.5. The SMILES string of the molecule is CCCNC(C)(Cc1ccccc1OC)C(=O)OC. The third-order valence-electron chi connectivity index (χ3n) is 3.14. The zero-order valence-corrected chi connectivity index (χ0v) is 12.2. The molecule has 1 N–H and O–H groups in total. The van der Waals surface area contributed by atoms with E-state index in [9.17, 15) is 4.79 Å². The van der Waals surface area contributed by atoms with Gasteiger partial charge in [-0.25, -0.2) is 0 Å². The minimum Gasteiger partial charge on any atom is -0.496 e. The van der Waals surface area contributed by atoms with Crippen molar-refractivity contribution in [2.24, 2.45) is 0 Å². The Labute approximate surface area is 115 Å². The minimum atomic E-state index is -0.737. The molecular formula is C15H23NO3. The lowest BCUT2D eigenvalue weighted by atomic mass is 9.92. The van der Waals surface area contributed by atoms with E-state index in [1.807, 2.05) is 31.2 Å². The van der Waals surface area contributed by atoms with Crippen molar-refractivity contribution in [1.29, 1.82) is 0 Å². The summed E-state index contributed by atoms with van der Waals surface area (Å²) >= 11 is 0. The second-order valence-electron chi connectivity index (χ2n) is 4.74. The van der Waals surface area contributed by atoms with Crippen molar-refractivity contribution < 1.29 is 14.3 Å². The Morgan fingerprint density at radius 1 is 1.32 bits per heavy atom. The zero-order chi connectivity index (χ0) is 14.3. The number of carbonyl (C=O) groups excluding carboxylic acids is 1. The molecule has 106 valence electrons. The smallest absolute Gasteiger partial charge is 0.326 e. The van der Waals surface area contributed by atoms with Crippen LogP contribution in [0.15, 0.2) is 24.3 Å². The number of benzene rings is 1. The van der Waals surface area contributed by atoms with Gasteiger partial charge in [-0.2, -0.15) is 0 Å². The van der Waals surface area contributed by atoms with Gasteiger partial charge in [-0.3, -0.25) is 4.79 Å². The molecule has 0 aliphatic rings. The second kappa shape index (κ2) is 7.14. The first-order valence-electron chi connectivity index (χ1n) is 6.52. The molecule has 0 aromatic heterocycles. The van der Waals surface area contributed by atoms with Crippen molar-refractivity contribution in [3.8, 4) is 5.75 Å². The summed E-state index contributed by atoms with van der Waals surface area (Å²) in [7, 11) is 3.05. The molecule has 1 aromatic rings. The third-order valence-corrected chi connectivity index (χ3v) is 3.14. The summed E-state index contributed by atoms with van der Waals surface area (Å²) in [6, 6.07) is 7.72. The van der Waals surface area contributed by atoms with Crippen LogP contribution in [0.5, 0.6) is 5.75 Å². The molecule has 0 spiro atoms. The van der Waals surface area contributed by atoms with Gasteiger partial charge in [0.1, 0.15) is 11.3 Å². The molecule has 0 bridgehead atoms. The first kappa shape index (κ1) is 15.5. The van der Waals surface area contributed by atoms with Crippen molar-refractivity contribution in [3.63, 3.8) is 0 Å². The molecule has 0 heterocycles. The Hall–Kier alpha value is -1.55. The summed E-state index contributed by atoms with van der Waals surface area (Å²) in [5, 5.41) is 3.27. The van der Waals surface area contributed by atoms with E-state index in [0.29, 0.717) is 6.42 Å². The Morgan fingerprint density at radius 3 is 2.58 bits per heavy atom. The Balaban J connectivity index is 2.96. The van der Waals surface area contributed by atoms with Crippen LogP contribution in [-0.4, -0.2) is 32.3 Å². The van der Waals surface area contributed by atoms with Crippen LogP contribution in [0.1, 0.15) is 25.8 Å². The van der Waals surface area contributed by atoms with Crippen LogP contribution in [0.25, 0.3) is 0 Å². The lowest BCUT2D eigenvalue weighted by Crippen LogP contribution is -2.52. The molecule has 1 atom stereocenters. The lowest BCUT2D eigenvalue weighted by molar-refractivity contribution is -0.147. The van der Waals surface area contributed by atoms with Gasteiger partial charge in [0, 0.05) is 6.42 Å². The summed E-state index contributed by atoms with van der Waals surface area (Å²) in [4.78, 5) is 12.0. The fraction of sp³-hybridized carbons (Fsp3) is 0.533. The van der Waals surface area contributed by atoms with Gasteiger partial charge >= 0.3 is 5.97 Å². The first-order chi connectivity index (χ1) is 9.07. The molecule has 0 amide bonds. The van der Waals surface area contributed by atoms with Crippen molar-refractivity contribution in [1.82, 2.24) is 5.32 Å². The normalized spacial score (nSPS) is 13.7. The van der Waals surface area contributed by atoms with Crippen LogP contribution in [-0.2, 0) is 16.0 Å². The average molecular weight is 265 g/mol. The van der Waals surface area contributed by atoms with E-state index in [-0.39, 0.29) is 5.97 Å². The van der Waals surface area contributed by atoms with E-state index in [4.69, 9.17) is 9.47 Å². The quantitative estimate of drug-likeness (QED) is 0.768. The standard InChI is InChI=1S/C15H23NO3/c1-5-10-16-15(2,14(17)19-4)11-12-8-6-7-9-13(12)18-3/h6-9,16H,5,10-11H2,1-4H3. The number of rotatable bonds is 7. The van der Waals surface area contributed by atoms with Crippen molar-refractivity contribution in [3.05, 3.63) is 29.8 Å². The van der Waals surface area contributed by atoms with Crippen LogP contribution >= 0.6 is 0 Å². The largest absolute Gasteiger partial charge is 0.496 e. The monoisotopic (exact) mass is 265 g/mol. The molecule has 1 aromatic carbocycles. The summed E-state index contributed by atoms with van der Waals surface area (Å²) in [6.07, 6.45) is 1.49. The number of esters is 1. The molecule has 0 saturated heterocycles. The summed E-state index contributed by atoms with van der Waals surface area (Å²) in [5.41, 5.74) is 0.251. The van der Waals surface area contributed by atoms with Gasteiger partial charge in [-0.05, 0) is 31.5 Å². The number of carbonyl (C=O) groups is 1. The molecule has 4 nitrogen and oxygen atoms in total. The molecule has 0 radical (unpaired) electrons. The topological polar surface area (TPSA) is 47.6 Å². The number of hydrogen-bond donors (Lipinski definition) is 1. The molecule has 0 aliphatic carbocycles. The number of nitrogens with one attached hydrogen (secondary N) is 1. The van der Waals surface area contributed by atoms with E-state index >= 15 is 0 Å². The van der Waals surface area contributed by atoms with Crippen LogP contribution in [0, 0.1) is 0 Å². The third kappa shape index (κ3) is 3.96. The summed E-state index contributed by atoms with van der Waals surface area (Å²) in [6.45, 7) is 4.69. The first-order valence-corrected chi connectivity index (χ1v) is 6.52.